The minimum Gasteiger partial charge on any atom is -0.393 e. The first-order valence-corrected chi connectivity index (χ1v) is 5.08. The zero-order chi connectivity index (χ0) is 12.6. The summed E-state index contributed by atoms with van der Waals surface area (Å²) >= 11 is 0. The van der Waals surface area contributed by atoms with E-state index < -0.39 is 20.4 Å². The number of aromatic nitrogens is 3. The van der Waals surface area contributed by atoms with Gasteiger partial charge in [0, 0.05) is 9.48 Å². The number of hydrogen-bond donors (Lipinski definition) is 4. The minimum absolute atomic E-state index is 0.364. The van der Waals surface area contributed by atoms with Crippen molar-refractivity contribution in [2.24, 2.45) is 5.11 Å². The summed E-state index contributed by atoms with van der Waals surface area (Å²) in [6, 6.07) is -0.697. The Labute approximate surface area is 90.5 Å². The lowest BCUT2D eigenvalue weighted by molar-refractivity contribution is 0.161. The van der Waals surface area contributed by atoms with Crippen molar-refractivity contribution in [3.63, 3.8) is 0 Å². The van der Waals surface area contributed by atoms with Crippen molar-refractivity contribution in [2.45, 2.75) is 19.1 Å². The molecule has 2 atom stereocenters. The quantitative estimate of drug-likeness (QED) is 0.257. The van der Waals surface area contributed by atoms with Gasteiger partial charge in [-0.3, -0.25) is 5.10 Å². The third kappa shape index (κ3) is 6.02. The molecule has 0 fully saturated rings. The molecule has 0 amide bonds. The van der Waals surface area contributed by atoms with Gasteiger partial charge in [-0.15, -0.1) is 9.79 Å². The van der Waals surface area contributed by atoms with Crippen LogP contribution in [-0.2, 0) is 4.57 Å². The minimum atomic E-state index is -2.87. The number of nitrogens with one attached hydrogen (secondary N) is 1. The fraction of sp³-hybridized carbons (Fsp3) is 0.600. The summed E-state index contributed by atoms with van der Waals surface area (Å²) in [5.41, 5.74) is 8.17. The number of rotatable bonds is 3. The molecule has 0 aromatic carbocycles. The van der Waals surface area contributed by atoms with Gasteiger partial charge in [0.25, 0.3) is 0 Å². The van der Waals surface area contributed by atoms with Gasteiger partial charge in [-0.1, -0.05) is 5.11 Å². The predicted octanol–water partition coefficient (Wildman–Crippen LogP) is 0.165. The molecule has 1 rings (SSSR count). The molecule has 1 heterocycles. The van der Waals surface area contributed by atoms with Gasteiger partial charge in [-0.05, 0) is 12.5 Å². The van der Waals surface area contributed by atoms with Crippen molar-refractivity contribution in [3.8, 4) is 0 Å². The van der Waals surface area contributed by atoms with Crippen LogP contribution < -0.4 is 0 Å². The van der Waals surface area contributed by atoms with Crippen LogP contribution >= 0.6 is 8.25 Å². The van der Waals surface area contributed by atoms with E-state index in [1.54, 1.807) is 0 Å². The normalized spacial score (nSPS) is 12.8. The lowest BCUT2D eigenvalue weighted by atomic mass is 10.2. The molecule has 88 valence electrons. The van der Waals surface area contributed by atoms with Gasteiger partial charge in [-0.25, -0.2) is 4.98 Å². The van der Waals surface area contributed by atoms with E-state index in [2.05, 4.69) is 25.2 Å². The molecule has 11 heteroatoms. The van der Waals surface area contributed by atoms with Gasteiger partial charge in [0.1, 0.15) is 18.2 Å². The summed E-state index contributed by atoms with van der Waals surface area (Å²) < 4.78 is 8.70. The van der Waals surface area contributed by atoms with Gasteiger partial charge < -0.3 is 5.11 Å². The van der Waals surface area contributed by atoms with Crippen LogP contribution in [0, 0.1) is 0 Å². The smallest absolute Gasteiger partial charge is 0.393 e. The van der Waals surface area contributed by atoms with E-state index in [9.17, 15) is 0 Å². The zero-order valence-corrected chi connectivity index (χ0v) is 9.06. The maximum atomic E-state index is 9.16. The molecule has 0 aliphatic carbocycles. The second-order valence-corrected chi connectivity index (χ2v) is 3.02. The molecule has 0 aliphatic rings. The molecule has 0 saturated carbocycles. The second kappa shape index (κ2) is 7.69. The molecule has 1 aromatic heterocycles. The summed E-state index contributed by atoms with van der Waals surface area (Å²) in [5, 5.41) is 18.6. The Balaban J connectivity index is 0.000000487. The molecule has 0 bridgehead atoms. The molecule has 10 nitrogen and oxygen atoms in total. The first kappa shape index (κ1) is 14.4. The van der Waals surface area contributed by atoms with E-state index in [0.717, 1.165) is 0 Å². The molecular weight excluding hydrogens is 239 g/mol. The lowest BCUT2D eigenvalue weighted by Crippen LogP contribution is -2.13. The summed E-state index contributed by atoms with van der Waals surface area (Å²) in [5.74, 6) is 0.364. The number of azide groups is 1. The predicted molar refractivity (Wildman–Crippen MR) is 52.0 cm³/mol. The van der Waals surface area contributed by atoms with Crippen molar-refractivity contribution in [1.29, 1.82) is 0 Å². The number of hydrogen-bond acceptors (Lipinski definition) is 5. The first-order chi connectivity index (χ1) is 7.49. The van der Waals surface area contributed by atoms with E-state index in [4.69, 9.17) is 25.0 Å². The molecule has 0 radical (unpaired) electrons. The fourth-order valence-electron chi connectivity index (χ4n) is 0.793. The molecule has 16 heavy (non-hydrogen) atoms. The Morgan fingerprint density at radius 3 is 2.56 bits per heavy atom. The van der Waals surface area contributed by atoms with Crippen molar-refractivity contribution >= 4 is 8.25 Å². The van der Waals surface area contributed by atoms with Crippen molar-refractivity contribution in [1.82, 2.24) is 15.2 Å². The summed E-state index contributed by atoms with van der Waals surface area (Å²) in [6.07, 6.45) is 0.506. The fourth-order valence-corrected chi connectivity index (χ4v) is 0.793. The van der Waals surface area contributed by atoms with Crippen LogP contribution in [0.5, 0.6) is 0 Å². The molecule has 2 unspecified atom stereocenters. The van der Waals surface area contributed by atoms with E-state index >= 15 is 0 Å². The Kier molecular flexibility index (Phi) is 6.93. The van der Waals surface area contributed by atoms with Crippen LogP contribution in [0.2, 0.25) is 0 Å². The molecule has 0 saturated heterocycles. The highest BCUT2D eigenvalue weighted by molar-refractivity contribution is 7.30. The number of aliphatic hydroxyl groups excluding tert-OH is 1. The molecule has 4 N–H and O–H groups in total. The third-order valence-electron chi connectivity index (χ3n) is 1.35. The summed E-state index contributed by atoms with van der Waals surface area (Å²) in [4.78, 5) is 20.6. The number of aromatic amines is 1. The first-order valence-electron chi connectivity index (χ1n) is 3.91. The molecule has 1 aromatic rings. The Bertz CT molecular complexity index is 357. The highest BCUT2D eigenvalue weighted by Crippen LogP contribution is 2.16. The van der Waals surface area contributed by atoms with Crippen LogP contribution in [0.25, 0.3) is 10.4 Å². The maximum absolute atomic E-state index is 9.16. The topological polar surface area (TPSA) is 168 Å². The maximum Gasteiger partial charge on any atom is 0.692 e. The van der Waals surface area contributed by atoms with Gasteiger partial charge >= 0.3 is 8.25 Å². The van der Waals surface area contributed by atoms with Crippen molar-refractivity contribution < 1.29 is 19.5 Å². The largest absolute Gasteiger partial charge is 0.692 e. The SMILES string of the molecule is CC(O)C(N=[N+]=[N-])c1ncn[nH]1.O=[P+](O)O. The second-order valence-electron chi connectivity index (χ2n) is 2.51. The third-order valence-corrected chi connectivity index (χ3v) is 1.35. The van der Waals surface area contributed by atoms with E-state index in [-0.39, 0.29) is 0 Å². The Hall–Kier alpha value is -1.57. The average molecular weight is 249 g/mol. The van der Waals surface area contributed by atoms with E-state index in [0.29, 0.717) is 5.82 Å². The van der Waals surface area contributed by atoms with Crippen LogP contribution in [0.1, 0.15) is 18.8 Å². The highest BCUT2D eigenvalue weighted by atomic mass is 31.1. The number of nitrogens with zero attached hydrogens (tertiary/aromatic N) is 5. The lowest BCUT2D eigenvalue weighted by Gasteiger charge is -2.09. The van der Waals surface area contributed by atoms with Crippen LogP contribution in [0.4, 0.5) is 0 Å². The van der Waals surface area contributed by atoms with Crippen LogP contribution in [0.3, 0.4) is 0 Å². The Morgan fingerprint density at radius 2 is 2.25 bits per heavy atom. The molecule has 0 spiro atoms. The van der Waals surface area contributed by atoms with E-state index in [1.165, 1.54) is 13.3 Å². The zero-order valence-electron chi connectivity index (χ0n) is 8.17. The number of aliphatic hydroxyl groups is 1. The van der Waals surface area contributed by atoms with Gasteiger partial charge in [0.15, 0.2) is 0 Å². The number of H-pyrrole nitrogens is 1. The molecular formula is C5H10N6O4P+. The van der Waals surface area contributed by atoms with Crippen LogP contribution in [-0.4, -0.2) is 36.2 Å². The monoisotopic (exact) mass is 249 g/mol. The summed E-state index contributed by atoms with van der Waals surface area (Å²) in [7, 11) is -2.87. The summed E-state index contributed by atoms with van der Waals surface area (Å²) in [6.45, 7) is 1.52. The molecule has 0 aliphatic heterocycles. The van der Waals surface area contributed by atoms with Crippen LogP contribution in [0.15, 0.2) is 11.4 Å². The van der Waals surface area contributed by atoms with E-state index in [1.807, 2.05) is 0 Å². The standard InChI is InChI=1S/C5H8N6O.HO3P/c1-3(12)4(9-11-6)5-7-2-8-10-5;1-4(2)3/h2-4,12H,1H3,(H,7,8,10);(H-,1,2,3)/p+1. The van der Waals surface area contributed by atoms with Crippen molar-refractivity contribution in [2.75, 3.05) is 0 Å². The van der Waals surface area contributed by atoms with Gasteiger partial charge in [-0.2, -0.15) is 5.10 Å². The van der Waals surface area contributed by atoms with Gasteiger partial charge in [0.2, 0.25) is 0 Å². The highest BCUT2D eigenvalue weighted by Gasteiger charge is 2.17. The van der Waals surface area contributed by atoms with Gasteiger partial charge in [0.05, 0.1) is 6.10 Å². The Morgan fingerprint density at radius 1 is 1.69 bits per heavy atom. The van der Waals surface area contributed by atoms with Crippen molar-refractivity contribution in [3.05, 3.63) is 22.6 Å². The average Bonchev–Trinajstić information content (AvgIpc) is 2.65.